The van der Waals surface area contributed by atoms with Crippen molar-refractivity contribution in [2.45, 2.75) is 45.3 Å². The molecule has 11 heteroatoms. The van der Waals surface area contributed by atoms with Crippen LogP contribution in [-0.4, -0.2) is 42.9 Å². The molecule has 2 aromatic carbocycles. The lowest BCUT2D eigenvalue weighted by Crippen LogP contribution is -2.28. The number of pyridine rings is 1. The third-order valence-corrected chi connectivity index (χ3v) is 8.00. The quantitative estimate of drug-likeness (QED) is 0.260. The first-order valence-electron chi connectivity index (χ1n) is 13.4. The first-order valence-corrected chi connectivity index (χ1v) is 13.4. The summed E-state index contributed by atoms with van der Waals surface area (Å²) >= 11 is 0. The van der Waals surface area contributed by atoms with Crippen molar-refractivity contribution in [3.63, 3.8) is 0 Å². The van der Waals surface area contributed by atoms with Crippen LogP contribution in [0.25, 0.3) is 33.2 Å². The minimum atomic E-state index is -1.41. The SMILES string of the molecule is Cc1nnn(C)c1-c1cnc2c3c(F)cc(C(C)(C)O)cc3n(C(c3c(F)cc(F)cc3F)C3CCOCC3)c2c1. The second-order valence-corrected chi connectivity index (χ2v) is 11.2. The number of rotatable bonds is 5. The van der Waals surface area contributed by atoms with E-state index in [0.29, 0.717) is 66.2 Å². The Morgan fingerprint density at radius 2 is 1.66 bits per heavy atom. The number of fused-ring (bicyclic) bond motifs is 3. The molecule has 0 spiro atoms. The normalized spacial score (nSPS) is 15.7. The summed E-state index contributed by atoms with van der Waals surface area (Å²) in [5.74, 6) is -4.08. The van der Waals surface area contributed by atoms with Gasteiger partial charge in [0.1, 0.15) is 23.3 Å². The summed E-state index contributed by atoms with van der Waals surface area (Å²) in [6.45, 7) is 5.60. The van der Waals surface area contributed by atoms with E-state index >= 15 is 13.2 Å². The van der Waals surface area contributed by atoms with Gasteiger partial charge < -0.3 is 14.4 Å². The highest BCUT2D eigenvalue weighted by atomic mass is 19.1. The van der Waals surface area contributed by atoms with Crippen LogP contribution < -0.4 is 0 Å². The van der Waals surface area contributed by atoms with Gasteiger partial charge in [0.15, 0.2) is 0 Å². The van der Waals surface area contributed by atoms with Crippen molar-refractivity contribution in [1.29, 1.82) is 0 Å². The van der Waals surface area contributed by atoms with Crippen molar-refractivity contribution < 1.29 is 27.4 Å². The van der Waals surface area contributed by atoms with Gasteiger partial charge in [-0.1, -0.05) is 5.21 Å². The molecule has 214 valence electrons. The van der Waals surface area contributed by atoms with Crippen molar-refractivity contribution in [2.24, 2.45) is 13.0 Å². The van der Waals surface area contributed by atoms with Gasteiger partial charge in [-0.3, -0.25) is 4.98 Å². The lowest BCUT2D eigenvalue weighted by molar-refractivity contribution is 0.0543. The molecule has 1 fully saturated rings. The Balaban J connectivity index is 1.76. The number of aliphatic hydroxyl groups is 1. The summed E-state index contributed by atoms with van der Waals surface area (Å²) < 4.78 is 70.0. The van der Waals surface area contributed by atoms with Gasteiger partial charge in [0.2, 0.25) is 0 Å². The molecule has 1 aliphatic heterocycles. The molecule has 1 unspecified atom stereocenters. The zero-order valence-electron chi connectivity index (χ0n) is 23.1. The average molecular weight is 568 g/mol. The fourth-order valence-electron chi connectivity index (χ4n) is 6.06. The molecule has 41 heavy (non-hydrogen) atoms. The minimum absolute atomic E-state index is 0.152. The van der Waals surface area contributed by atoms with Gasteiger partial charge in [0, 0.05) is 49.7 Å². The first-order chi connectivity index (χ1) is 19.5. The van der Waals surface area contributed by atoms with E-state index in [-0.39, 0.29) is 27.9 Å². The maximum absolute atomic E-state index is 15.9. The van der Waals surface area contributed by atoms with Crippen LogP contribution in [0.5, 0.6) is 0 Å². The van der Waals surface area contributed by atoms with Gasteiger partial charge in [0.25, 0.3) is 0 Å². The summed E-state index contributed by atoms with van der Waals surface area (Å²) in [4.78, 5) is 4.64. The molecule has 7 nitrogen and oxygen atoms in total. The number of nitrogens with zero attached hydrogens (tertiary/aromatic N) is 5. The van der Waals surface area contributed by atoms with Crippen molar-refractivity contribution in [2.75, 3.05) is 13.2 Å². The highest BCUT2D eigenvalue weighted by Gasteiger charge is 2.35. The van der Waals surface area contributed by atoms with E-state index in [4.69, 9.17) is 4.74 Å². The lowest BCUT2D eigenvalue weighted by atomic mass is 9.86. The summed E-state index contributed by atoms with van der Waals surface area (Å²) in [6, 6.07) is 4.98. The average Bonchev–Trinajstić information content (AvgIpc) is 3.41. The molecule has 6 rings (SSSR count). The second kappa shape index (κ2) is 9.92. The van der Waals surface area contributed by atoms with E-state index in [2.05, 4.69) is 15.3 Å². The van der Waals surface area contributed by atoms with Gasteiger partial charge in [0.05, 0.1) is 45.0 Å². The Morgan fingerprint density at radius 3 is 2.27 bits per heavy atom. The van der Waals surface area contributed by atoms with Gasteiger partial charge in [-0.05, 0) is 63.3 Å². The van der Waals surface area contributed by atoms with E-state index in [1.807, 2.05) is 0 Å². The fraction of sp³-hybridized carbons (Fsp3) is 0.367. The summed E-state index contributed by atoms with van der Waals surface area (Å²) in [5.41, 5.74) is 1.51. The molecule has 1 saturated heterocycles. The molecule has 3 aromatic heterocycles. The number of aromatic nitrogens is 5. The van der Waals surface area contributed by atoms with Gasteiger partial charge in [-0.15, -0.1) is 5.10 Å². The number of ether oxygens (including phenoxy) is 1. The zero-order valence-corrected chi connectivity index (χ0v) is 23.1. The molecule has 1 N–H and O–H groups in total. The van der Waals surface area contributed by atoms with Crippen LogP contribution in [0.2, 0.25) is 0 Å². The maximum Gasteiger partial charge on any atom is 0.135 e. The third kappa shape index (κ3) is 4.57. The van der Waals surface area contributed by atoms with Gasteiger partial charge in [-0.25, -0.2) is 22.2 Å². The van der Waals surface area contributed by atoms with Gasteiger partial charge in [-0.2, -0.15) is 0 Å². The van der Waals surface area contributed by atoms with Crippen LogP contribution in [0, 0.1) is 36.1 Å². The molecule has 5 aromatic rings. The van der Waals surface area contributed by atoms with E-state index < -0.39 is 34.9 Å². The van der Waals surface area contributed by atoms with E-state index in [9.17, 15) is 9.50 Å². The Labute approximate surface area is 233 Å². The van der Waals surface area contributed by atoms with Crippen molar-refractivity contribution in [3.05, 3.63) is 76.6 Å². The van der Waals surface area contributed by atoms with Crippen LogP contribution in [0.15, 0.2) is 36.5 Å². The molecule has 1 aliphatic rings. The monoisotopic (exact) mass is 567 g/mol. The smallest absolute Gasteiger partial charge is 0.135 e. The molecule has 1 atom stereocenters. The number of benzene rings is 2. The Kier molecular flexibility index (Phi) is 6.61. The fourth-order valence-corrected chi connectivity index (χ4v) is 6.06. The lowest BCUT2D eigenvalue weighted by Gasteiger charge is -2.33. The predicted molar refractivity (Wildman–Crippen MR) is 145 cm³/mol. The Bertz CT molecular complexity index is 1760. The largest absolute Gasteiger partial charge is 0.386 e. The third-order valence-electron chi connectivity index (χ3n) is 8.00. The van der Waals surface area contributed by atoms with Crippen molar-refractivity contribution in [3.8, 4) is 11.3 Å². The summed E-state index contributed by atoms with van der Waals surface area (Å²) in [6.07, 6.45) is 2.52. The highest BCUT2D eigenvalue weighted by molar-refractivity contribution is 6.07. The van der Waals surface area contributed by atoms with E-state index in [1.54, 1.807) is 41.5 Å². The number of halogens is 4. The number of aryl methyl sites for hydroxylation is 2. The zero-order chi connectivity index (χ0) is 29.2. The highest BCUT2D eigenvalue weighted by Crippen LogP contribution is 2.44. The summed E-state index contributed by atoms with van der Waals surface area (Å²) in [7, 11) is 1.73. The molecular formula is C30H29F4N5O2. The van der Waals surface area contributed by atoms with Crippen LogP contribution in [0.3, 0.4) is 0 Å². The summed E-state index contributed by atoms with van der Waals surface area (Å²) in [5, 5.41) is 19.2. The first kappa shape index (κ1) is 27.3. The topological polar surface area (TPSA) is 78.0 Å². The number of hydrogen-bond acceptors (Lipinski definition) is 5. The Morgan fingerprint density at radius 1 is 0.976 bits per heavy atom. The minimum Gasteiger partial charge on any atom is -0.386 e. The number of hydrogen-bond donors (Lipinski definition) is 1. The molecule has 0 bridgehead atoms. The van der Waals surface area contributed by atoms with Crippen LogP contribution >= 0.6 is 0 Å². The van der Waals surface area contributed by atoms with E-state index in [0.717, 1.165) is 0 Å². The molecule has 0 radical (unpaired) electrons. The second-order valence-electron chi connectivity index (χ2n) is 11.2. The van der Waals surface area contributed by atoms with Crippen LogP contribution in [0.1, 0.15) is 49.6 Å². The molecule has 0 saturated carbocycles. The Hall–Kier alpha value is -3.83. The molecule has 0 amide bonds. The van der Waals surface area contributed by atoms with Crippen molar-refractivity contribution in [1.82, 2.24) is 24.5 Å². The molecule has 4 heterocycles. The predicted octanol–water partition coefficient (Wildman–Crippen LogP) is 6.09. The van der Waals surface area contributed by atoms with Crippen LogP contribution in [0.4, 0.5) is 17.6 Å². The standard InChI is InChI=1S/C30H29F4N5O2/c1-15-28(38(4)37-36-15)17-9-24-27(35-14-17)26-20(32)10-18(30(2,3)40)11-23(26)39(24)29(16-5-7-41-8-6-16)25-21(33)12-19(31)13-22(25)34/h9-14,16,29,40H,5-8H2,1-4H3. The van der Waals surface area contributed by atoms with Gasteiger partial charge >= 0.3 is 0 Å². The van der Waals surface area contributed by atoms with Crippen molar-refractivity contribution >= 4 is 21.9 Å². The maximum atomic E-state index is 15.9. The van der Waals surface area contributed by atoms with E-state index in [1.165, 1.54) is 19.9 Å². The molecular weight excluding hydrogens is 538 g/mol. The molecule has 0 aliphatic carbocycles. The van der Waals surface area contributed by atoms with Crippen LogP contribution in [-0.2, 0) is 17.4 Å².